The molecule has 140 valence electrons. The minimum Gasteiger partial charge on any atom is -0.465 e. The molecule has 6 nitrogen and oxygen atoms in total. The molecule has 0 aliphatic heterocycles. The van der Waals surface area contributed by atoms with Gasteiger partial charge in [-0.1, -0.05) is 30.0 Å². The number of esters is 1. The Kier molecular flexibility index (Phi) is 6.18. The van der Waals surface area contributed by atoms with Crippen molar-refractivity contribution in [2.75, 3.05) is 7.11 Å². The standard InChI is InChI=1S/C21H16N2O4S/c1-27-21(24)15-7-9-17(10-8-15)22-14-16-13-18(23(25)26)11-12-20(16)28-19-5-3-2-4-6-19/h2-14H,1H3. The number of methoxy groups -OCH3 is 1. The third-order valence-electron chi connectivity index (χ3n) is 3.82. The fraction of sp³-hybridized carbons (Fsp3) is 0.0476. The highest BCUT2D eigenvalue weighted by atomic mass is 32.2. The van der Waals surface area contributed by atoms with E-state index in [1.807, 2.05) is 30.3 Å². The SMILES string of the molecule is COC(=O)c1ccc(N=Cc2cc([N+](=O)[O-])ccc2Sc2ccccc2)cc1. The third kappa shape index (κ3) is 4.83. The van der Waals surface area contributed by atoms with Crippen LogP contribution in [-0.4, -0.2) is 24.2 Å². The zero-order valence-corrected chi connectivity index (χ0v) is 15.8. The van der Waals surface area contributed by atoms with Crippen molar-refractivity contribution in [2.45, 2.75) is 9.79 Å². The molecule has 0 aliphatic carbocycles. The van der Waals surface area contributed by atoms with Gasteiger partial charge in [0.05, 0.1) is 23.3 Å². The van der Waals surface area contributed by atoms with Gasteiger partial charge in [-0.2, -0.15) is 0 Å². The van der Waals surface area contributed by atoms with Gasteiger partial charge in [0.2, 0.25) is 0 Å². The van der Waals surface area contributed by atoms with Crippen molar-refractivity contribution in [3.63, 3.8) is 0 Å². The minimum absolute atomic E-state index is 0.0000918. The number of carbonyl (C=O) groups excluding carboxylic acids is 1. The lowest BCUT2D eigenvalue weighted by atomic mass is 10.2. The van der Waals surface area contributed by atoms with E-state index in [9.17, 15) is 14.9 Å². The predicted octanol–water partition coefficient (Wildman–Crippen LogP) is 5.28. The van der Waals surface area contributed by atoms with Crippen LogP contribution in [0.25, 0.3) is 0 Å². The minimum atomic E-state index is -0.431. The van der Waals surface area contributed by atoms with E-state index in [1.54, 1.807) is 36.5 Å². The summed E-state index contributed by atoms with van der Waals surface area (Å²) in [5.41, 5.74) is 1.69. The number of hydrogen-bond acceptors (Lipinski definition) is 6. The van der Waals surface area contributed by atoms with Crippen molar-refractivity contribution in [2.24, 2.45) is 4.99 Å². The van der Waals surface area contributed by atoms with E-state index in [0.29, 0.717) is 16.8 Å². The predicted molar refractivity (Wildman–Crippen MR) is 109 cm³/mol. The summed E-state index contributed by atoms with van der Waals surface area (Å²) in [5, 5.41) is 11.1. The second-order valence-corrected chi connectivity index (χ2v) is 6.81. The van der Waals surface area contributed by atoms with Crippen molar-refractivity contribution in [3.05, 3.63) is 94.0 Å². The summed E-state index contributed by atoms with van der Waals surface area (Å²) in [6, 6.07) is 21.0. The molecule has 3 aromatic carbocycles. The number of ether oxygens (including phenoxy) is 1. The smallest absolute Gasteiger partial charge is 0.337 e. The first-order chi connectivity index (χ1) is 13.6. The molecule has 0 unspecified atom stereocenters. The number of nitrogens with zero attached hydrogens (tertiary/aromatic N) is 2. The van der Waals surface area contributed by atoms with Gasteiger partial charge in [0, 0.05) is 33.7 Å². The van der Waals surface area contributed by atoms with Crippen molar-refractivity contribution < 1.29 is 14.5 Å². The summed E-state index contributed by atoms with van der Waals surface area (Å²) in [5.74, 6) is -0.421. The van der Waals surface area contributed by atoms with Crippen LogP contribution in [0.1, 0.15) is 15.9 Å². The van der Waals surface area contributed by atoms with Gasteiger partial charge in [0.1, 0.15) is 0 Å². The van der Waals surface area contributed by atoms with E-state index in [4.69, 9.17) is 0 Å². The lowest BCUT2D eigenvalue weighted by Gasteiger charge is -2.06. The van der Waals surface area contributed by atoms with Crippen molar-refractivity contribution in [3.8, 4) is 0 Å². The Bertz CT molecular complexity index is 1020. The first kappa shape index (κ1) is 19.3. The molecule has 0 atom stereocenters. The molecule has 0 fully saturated rings. The fourth-order valence-corrected chi connectivity index (χ4v) is 3.32. The average molecular weight is 392 g/mol. The molecule has 0 heterocycles. The number of non-ortho nitro benzene ring substituents is 1. The summed E-state index contributed by atoms with van der Waals surface area (Å²) in [7, 11) is 1.32. The largest absolute Gasteiger partial charge is 0.465 e. The maximum Gasteiger partial charge on any atom is 0.337 e. The lowest BCUT2D eigenvalue weighted by molar-refractivity contribution is -0.384. The van der Waals surface area contributed by atoms with Crippen LogP contribution < -0.4 is 0 Å². The first-order valence-electron chi connectivity index (χ1n) is 8.30. The zero-order chi connectivity index (χ0) is 19.9. The number of rotatable bonds is 6. The quantitative estimate of drug-likeness (QED) is 0.247. The Morgan fingerprint density at radius 3 is 2.43 bits per heavy atom. The fourth-order valence-electron chi connectivity index (χ4n) is 2.40. The molecular formula is C21H16N2O4S. The van der Waals surface area contributed by atoms with Crippen LogP contribution in [0.4, 0.5) is 11.4 Å². The van der Waals surface area contributed by atoms with Gasteiger partial charge in [0.15, 0.2) is 0 Å². The summed E-state index contributed by atoms with van der Waals surface area (Å²) in [6.07, 6.45) is 1.59. The Balaban J connectivity index is 1.90. The van der Waals surface area contributed by atoms with Gasteiger partial charge in [-0.25, -0.2) is 4.79 Å². The van der Waals surface area contributed by atoms with Gasteiger partial charge in [-0.15, -0.1) is 0 Å². The van der Waals surface area contributed by atoms with Crippen molar-refractivity contribution >= 4 is 35.3 Å². The molecule has 0 saturated heterocycles. The van der Waals surface area contributed by atoms with Gasteiger partial charge < -0.3 is 4.74 Å². The topological polar surface area (TPSA) is 81.8 Å². The van der Waals surface area contributed by atoms with E-state index >= 15 is 0 Å². The van der Waals surface area contributed by atoms with Crippen LogP contribution in [0, 0.1) is 10.1 Å². The molecule has 0 aromatic heterocycles. The van der Waals surface area contributed by atoms with Gasteiger partial charge in [-0.05, 0) is 42.5 Å². The monoisotopic (exact) mass is 392 g/mol. The van der Waals surface area contributed by atoms with E-state index in [0.717, 1.165) is 9.79 Å². The maximum absolute atomic E-state index is 11.5. The van der Waals surface area contributed by atoms with E-state index in [1.165, 1.54) is 31.0 Å². The van der Waals surface area contributed by atoms with E-state index < -0.39 is 10.9 Å². The number of nitro benzene ring substituents is 1. The van der Waals surface area contributed by atoms with Gasteiger partial charge >= 0.3 is 5.97 Å². The molecule has 0 aliphatic rings. The van der Waals surface area contributed by atoms with E-state index in [2.05, 4.69) is 9.73 Å². The van der Waals surface area contributed by atoms with E-state index in [-0.39, 0.29) is 5.69 Å². The van der Waals surface area contributed by atoms with Gasteiger partial charge in [0.25, 0.3) is 5.69 Å². The summed E-state index contributed by atoms with van der Waals surface area (Å²) in [4.78, 5) is 28.5. The van der Waals surface area contributed by atoms with Crippen LogP contribution in [0.15, 0.2) is 87.6 Å². The molecule has 3 aromatic rings. The first-order valence-corrected chi connectivity index (χ1v) is 9.12. The van der Waals surface area contributed by atoms with Crippen molar-refractivity contribution in [1.82, 2.24) is 0 Å². The number of aliphatic imine (C=N–C) groups is 1. The number of hydrogen-bond donors (Lipinski definition) is 0. The molecule has 0 spiro atoms. The normalized spacial score (nSPS) is 10.8. The third-order valence-corrected chi connectivity index (χ3v) is 4.92. The molecule has 0 saturated carbocycles. The van der Waals surface area contributed by atoms with Crippen LogP contribution in [0.5, 0.6) is 0 Å². The highest BCUT2D eigenvalue weighted by molar-refractivity contribution is 7.99. The van der Waals surface area contributed by atoms with Crippen LogP contribution in [-0.2, 0) is 4.74 Å². The second-order valence-electron chi connectivity index (χ2n) is 5.69. The number of nitro groups is 1. The highest BCUT2D eigenvalue weighted by Gasteiger charge is 2.11. The Morgan fingerprint density at radius 2 is 1.79 bits per heavy atom. The molecule has 0 bridgehead atoms. The highest BCUT2D eigenvalue weighted by Crippen LogP contribution is 2.32. The summed E-state index contributed by atoms with van der Waals surface area (Å²) in [6.45, 7) is 0. The van der Waals surface area contributed by atoms with Crippen LogP contribution >= 0.6 is 11.8 Å². The lowest BCUT2D eigenvalue weighted by Crippen LogP contribution is -1.99. The summed E-state index contributed by atoms with van der Waals surface area (Å²) < 4.78 is 4.67. The van der Waals surface area contributed by atoms with Crippen molar-refractivity contribution in [1.29, 1.82) is 0 Å². The Labute approximate surface area is 166 Å². The summed E-state index contributed by atoms with van der Waals surface area (Å²) >= 11 is 1.50. The maximum atomic E-state index is 11.5. The van der Waals surface area contributed by atoms with Crippen LogP contribution in [0.2, 0.25) is 0 Å². The molecule has 0 radical (unpaired) electrons. The van der Waals surface area contributed by atoms with Gasteiger partial charge in [-0.3, -0.25) is 15.1 Å². The molecule has 28 heavy (non-hydrogen) atoms. The number of carbonyl (C=O) groups is 1. The molecule has 0 amide bonds. The zero-order valence-electron chi connectivity index (χ0n) is 14.9. The molecule has 3 rings (SSSR count). The Hall–Kier alpha value is -3.45. The molecule has 7 heteroatoms. The Morgan fingerprint density at radius 1 is 1.07 bits per heavy atom. The molecule has 0 N–H and O–H groups in total. The molecular weight excluding hydrogens is 376 g/mol. The van der Waals surface area contributed by atoms with Crippen LogP contribution in [0.3, 0.4) is 0 Å². The number of benzene rings is 3. The average Bonchev–Trinajstić information content (AvgIpc) is 2.73. The second kappa shape index (κ2) is 8.96.